The van der Waals surface area contributed by atoms with Crippen LogP contribution in [0.1, 0.15) is 0 Å². The fourth-order valence-electron chi connectivity index (χ4n) is 1.54. The van der Waals surface area contributed by atoms with Crippen molar-refractivity contribution in [3.63, 3.8) is 0 Å². The number of hydrogen-bond donors (Lipinski definition) is 2. The lowest BCUT2D eigenvalue weighted by Crippen LogP contribution is -2.18. The van der Waals surface area contributed by atoms with E-state index in [1.807, 2.05) is 18.2 Å². The van der Waals surface area contributed by atoms with Crippen LogP contribution >= 0.6 is 23.4 Å². The van der Waals surface area contributed by atoms with Crippen LogP contribution in [0.25, 0.3) is 0 Å². The molecule has 0 spiro atoms. The molecule has 1 aromatic heterocycles. The Balaban J connectivity index is 1.88. The van der Waals surface area contributed by atoms with Crippen molar-refractivity contribution in [3.8, 4) is 0 Å². The Morgan fingerprint density at radius 3 is 2.76 bits per heavy atom. The van der Waals surface area contributed by atoms with Crippen LogP contribution in [0, 0.1) is 0 Å². The topological polar surface area (TPSA) is 85.1 Å². The fourth-order valence-corrected chi connectivity index (χ4v) is 4.07. The number of nitrogen functional groups attached to an aromatic ring is 1. The van der Waals surface area contributed by atoms with Crippen molar-refractivity contribution in [2.75, 3.05) is 22.0 Å². The van der Waals surface area contributed by atoms with Crippen molar-refractivity contribution in [2.24, 2.45) is 0 Å². The third-order valence-electron chi connectivity index (χ3n) is 2.48. The van der Waals surface area contributed by atoms with Crippen molar-refractivity contribution in [3.05, 3.63) is 47.7 Å². The van der Waals surface area contributed by atoms with E-state index in [0.717, 1.165) is 4.90 Å². The van der Waals surface area contributed by atoms with Gasteiger partial charge in [-0.3, -0.25) is 4.72 Å². The fraction of sp³-hybridized carbons (Fsp3) is 0.154. The van der Waals surface area contributed by atoms with Crippen LogP contribution in [0.4, 0.5) is 11.4 Å². The monoisotopic (exact) mass is 343 g/mol. The number of hydrogen-bond acceptors (Lipinski definition) is 5. The van der Waals surface area contributed by atoms with Gasteiger partial charge in [0.1, 0.15) is 5.15 Å². The zero-order valence-corrected chi connectivity index (χ0v) is 13.4. The SMILES string of the molecule is Nc1cccc(SCCS(=O)(=O)Nc2ccc(Cl)nc2)c1. The summed E-state index contributed by atoms with van der Waals surface area (Å²) in [4.78, 5) is 4.76. The van der Waals surface area contributed by atoms with Crippen molar-refractivity contribution in [2.45, 2.75) is 4.90 Å². The second-order valence-corrected chi connectivity index (χ2v) is 7.61. The number of anilines is 2. The predicted molar refractivity (Wildman–Crippen MR) is 88.2 cm³/mol. The van der Waals surface area contributed by atoms with Gasteiger partial charge in [0.05, 0.1) is 17.6 Å². The van der Waals surface area contributed by atoms with E-state index in [-0.39, 0.29) is 5.75 Å². The molecule has 1 aromatic carbocycles. The molecule has 3 N–H and O–H groups in total. The molecular formula is C13H14ClN3O2S2. The predicted octanol–water partition coefficient (Wildman–Crippen LogP) is 2.85. The van der Waals surface area contributed by atoms with Crippen molar-refractivity contribution in [1.29, 1.82) is 0 Å². The van der Waals surface area contributed by atoms with Crippen LogP contribution in [-0.2, 0) is 10.0 Å². The van der Waals surface area contributed by atoms with Gasteiger partial charge in [0.25, 0.3) is 0 Å². The van der Waals surface area contributed by atoms with Crippen molar-refractivity contribution in [1.82, 2.24) is 4.98 Å². The maximum Gasteiger partial charge on any atom is 0.233 e. The molecule has 1 heterocycles. The smallest absolute Gasteiger partial charge is 0.233 e. The van der Waals surface area contributed by atoms with Gasteiger partial charge < -0.3 is 5.73 Å². The number of nitrogens with zero attached hydrogens (tertiary/aromatic N) is 1. The minimum Gasteiger partial charge on any atom is -0.399 e. The molecular weight excluding hydrogens is 330 g/mol. The lowest BCUT2D eigenvalue weighted by molar-refractivity contribution is 0.602. The van der Waals surface area contributed by atoms with Crippen LogP contribution in [0.2, 0.25) is 5.15 Å². The Labute approximate surface area is 133 Å². The van der Waals surface area contributed by atoms with Gasteiger partial charge in [0.2, 0.25) is 10.0 Å². The molecule has 0 aliphatic heterocycles. The lowest BCUT2D eigenvalue weighted by Gasteiger charge is -2.07. The molecule has 0 fully saturated rings. The Morgan fingerprint density at radius 2 is 2.10 bits per heavy atom. The second kappa shape index (κ2) is 7.02. The van der Waals surface area contributed by atoms with Gasteiger partial charge in [0, 0.05) is 16.3 Å². The molecule has 0 saturated heterocycles. The Hall–Kier alpha value is -1.44. The quantitative estimate of drug-likeness (QED) is 0.478. The molecule has 112 valence electrons. The van der Waals surface area contributed by atoms with Gasteiger partial charge in [-0.2, -0.15) is 0 Å². The zero-order chi connectivity index (χ0) is 15.3. The second-order valence-electron chi connectivity index (χ2n) is 4.21. The van der Waals surface area contributed by atoms with E-state index >= 15 is 0 Å². The van der Waals surface area contributed by atoms with Crippen LogP contribution in [0.5, 0.6) is 0 Å². The third kappa shape index (κ3) is 5.45. The third-order valence-corrected chi connectivity index (χ3v) is 5.25. The van der Waals surface area contributed by atoms with Crippen LogP contribution in [-0.4, -0.2) is 24.9 Å². The molecule has 0 aliphatic rings. The highest BCUT2D eigenvalue weighted by molar-refractivity contribution is 8.01. The van der Waals surface area contributed by atoms with Gasteiger partial charge in [-0.25, -0.2) is 13.4 Å². The molecule has 8 heteroatoms. The molecule has 2 aromatic rings. The Morgan fingerprint density at radius 1 is 1.29 bits per heavy atom. The molecule has 2 rings (SSSR count). The van der Waals surface area contributed by atoms with E-state index in [0.29, 0.717) is 22.3 Å². The van der Waals surface area contributed by atoms with Gasteiger partial charge in [-0.15, -0.1) is 11.8 Å². The minimum absolute atomic E-state index is 0.00487. The summed E-state index contributed by atoms with van der Waals surface area (Å²) in [7, 11) is -3.41. The number of halogens is 1. The average molecular weight is 344 g/mol. The number of nitrogens with one attached hydrogen (secondary N) is 1. The van der Waals surface area contributed by atoms with Crippen LogP contribution in [0.3, 0.4) is 0 Å². The molecule has 0 unspecified atom stereocenters. The van der Waals surface area contributed by atoms with E-state index in [1.165, 1.54) is 24.0 Å². The highest BCUT2D eigenvalue weighted by atomic mass is 35.5. The Kier molecular flexibility index (Phi) is 5.33. The normalized spacial score (nSPS) is 11.3. The molecule has 0 amide bonds. The number of pyridine rings is 1. The number of rotatable bonds is 6. The molecule has 0 radical (unpaired) electrons. The highest BCUT2D eigenvalue weighted by Gasteiger charge is 2.10. The van der Waals surface area contributed by atoms with Crippen molar-refractivity contribution < 1.29 is 8.42 Å². The van der Waals surface area contributed by atoms with Crippen LogP contribution < -0.4 is 10.5 Å². The largest absolute Gasteiger partial charge is 0.399 e. The summed E-state index contributed by atoms with van der Waals surface area (Å²) >= 11 is 7.08. The van der Waals surface area contributed by atoms with Gasteiger partial charge in [-0.05, 0) is 30.3 Å². The Bertz CT molecular complexity index is 706. The molecule has 0 saturated carbocycles. The average Bonchev–Trinajstić information content (AvgIpc) is 2.41. The summed E-state index contributed by atoms with van der Waals surface area (Å²) in [6, 6.07) is 10.4. The minimum atomic E-state index is -3.41. The summed E-state index contributed by atoms with van der Waals surface area (Å²) in [6.07, 6.45) is 1.38. The molecule has 0 bridgehead atoms. The first kappa shape index (κ1) is 15.9. The maximum atomic E-state index is 11.9. The first-order valence-electron chi connectivity index (χ1n) is 6.05. The summed E-state index contributed by atoms with van der Waals surface area (Å²) in [5, 5.41) is 0.315. The van der Waals surface area contributed by atoms with Gasteiger partial charge >= 0.3 is 0 Å². The summed E-state index contributed by atoms with van der Waals surface area (Å²) in [5.74, 6) is 0.425. The number of benzene rings is 1. The highest BCUT2D eigenvalue weighted by Crippen LogP contribution is 2.20. The standard InChI is InChI=1S/C13H14ClN3O2S2/c14-13-5-4-11(9-16-13)17-21(18,19)7-6-20-12-3-1-2-10(15)8-12/h1-5,8-9,17H,6-7,15H2. The van der Waals surface area contributed by atoms with E-state index in [2.05, 4.69) is 9.71 Å². The molecule has 21 heavy (non-hydrogen) atoms. The van der Waals surface area contributed by atoms with E-state index in [4.69, 9.17) is 17.3 Å². The summed E-state index contributed by atoms with van der Waals surface area (Å²) in [6.45, 7) is 0. The molecule has 0 aliphatic carbocycles. The summed E-state index contributed by atoms with van der Waals surface area (Å²) < 4.78 is 26.3. The van der Waals surface area contributed by atoms with E-state index in [9.17, 15) is 8.42 Å². The number of thioether (sulfide) groups is 1. The van der Waals surface area contributed by atoms with Gasteiger partial charge in [-0.1, -0.05) is 17.7 Å². The van der Waals surface area contributed by atoms with Crippen molar-refractivity contribution >= 4 is 44.8 Å². The lowest BCUT2D eigenvalue weighted by atomic mass is 10.3. The summed E-state index contributed by atoms with van der Waals surface area (Å²) in [5.41, 5.74) is 6.73. The molecule has 0 atom stereocenters. The van der Waals surface area contributed by atoms with E-state index < -0.39 is 10.0 Å². The number of aromatic nitrogens is 1. The first-order chi connectivity index (χ1) is 9.94. The van der Waals surface area contributed by atoms with E-state index in [1.54, 1.807) is 12.1 Å². The van der Waals surface area contributed by atoms with Gasteiger partial charge in [0.15, 0.2) is 0 Å². The number of nitrogens with two attached hydrogens (primary N) is 1. The van der Waals surface area contributed by atoms with Crippen LogP contribution in [0.15, 0.2) is 47.5 Å². The molecule has 5 nitrogen and oxygen atoms in total. The maximum absolute atomic E-state index is 11.9. The zero-order valence-electron chi connectivity index (χ0n) is 11.0. The number of sulfonamides is 1. The first-order valence-corrected chi connectivity index (χ1v) is 9.06.